The van der Waals surface area contributed by atoms with Crippen LogP contribution in [-0.4, -0.2) is 42.8 Å². The van der Waals surface area contributed by atoms with Crippen LogP contribution in [0.1, 0.15) is 20.8 Å². The van der Waals surface area contributed by atoms with Gasteiger partial charge in [-0.15, -0.1) is 0 Å². The van der Waals surface area contributed by atoms with E-state index in [2.05, 4.69) is 41.0 Å². The molecule has 0 amide bonds. The van der Waals surface area contributed by atoms with E-state index in [0.29, 0.717) is 12.5 Å². The zero-order valence-corrected chi connectivity index (χ0v) is 11.4. The van der Waals surface area contributed by atoms with E-state index in [1.807, 2.05) is 6.07 Å². The number of nitrogens with one attached hydrogen (secondary N) is 1. The Kier molecular flexibility index (Phi) is 4.01. The molecule has 2 heterocycles. The summed E-state index contributed by atoms with van der Waals surface area (Å²) in [6.45, 7) is 10.9. The quantitative estimate of drug-likeness (QED) is 0.876. The third kappa shape index (κ3) is 3.84. The van der Waals surface area contributed by atoms with Crippen molar-refractivity contribution in [2.24, 2.45) is 5.41 Å². The van der Waals surface area contributed by atoms with Crippen LogP contribution in [-0.2, 0) is 0 Å². The summed E-state index contributed by atoms with van der Waals surface area (Å²) in [5.41, 5.74) is 0.139. The number of piperazine rings is 1. The van der Waals surface area contributed by atoms with E-state index in [4.69, 9.17) is 4.74 Å². The van der Waals surface area contributed by atoms with Crippen molar-refractivity contribution in [2.75, 3.05) is 37.7 Å². The van der Waals surface area contributed by atoms with E-state index in [1.54, 1.807) is 6.20 Å². The minimum atomic E-state index is 0.139. The van der Waals surface area contributed by atoms with Gasteiger partial charge in [0.15, 0.2) is 0 Å². The highest BCUT2D eigenvalue weighted by Gasteiger charge is 2.15. The van der Waals surface area contributed by atoms with Gasteiger partial charge in [-0.3, -0.25) is 0 Å². The molecule has 0 unspecified atom stereocenters. The molecule has 0 aliphatic carbocycles. The maximum atomic E-state index is 5.71. The van der Waals surface area contributed by atoms with Gasteiger partial charge in [-0.1, -0.05) is 20.8 Å². The number of anilines is 1. The first-order valence-electron chi connectivity index (χ1n) is 6.46. The molecule has 0 saturated carbocycles. The molecular formula is C13H22N4O. The molecule has 1 aromatic rings. The molecule has 18 heavy (non-hydrogen) atoms. The van der Waals surface area contributed by atoms with Gasteiger partial charge in [-0.25, -0.2) is 4.98 Å². The lowest BCUT2D eigenvalue weighted by molar-refractivity contribution is 0.191. The first-order chi connectivity index (χ1) is 8.54. The van der Waals surface area contributed by atoms with Gasteiger partial charge in [0.1, 0.15) is 0 Å². The summed E-state index contributed by atoms with van der Waals surface area (Å²) >= 11 is 0. The normalized spacial score (nSPS) is 16.7. The van der Waals surface area contributed by atoms with Crippen LogP contribution in [0.3, 0.4) is 0 Å². The third-order valence-electron chi connectivity index (χ3n) is 2.67. The second kappa shape index (κ2) is 5.52. The summed E-state index contributed by atoms with van der Waals surface area (Å²) in [7, 11) is 0. The Balaban J connectivity index is 2.00. The van der Waals surface area contributed by atoms with E-state index in [-0.39, 0.29) is 5.41 Å². The van der Waals surface area contributed by atoms with E-state index in [1.165, 1.54) is 0 Å². The van der Waals surface area contributed by atoms with Crippen molar-refractivity contribution < 1.29 is 4.74 Å². The highest BCUT2D eigenvalue weighted by atomic mass is 16.5. The third-order valence-corrected chi connectivity index (χ3v) is 2.67. The molecule has 0 radical (unpaired) electrons. The van der Waals surface area contributed by atoms with Crippen molar-refractivity contribution >= 4 is 5.95 Å². The van der Waals surface area contributed by atoms with Gasteiger partial charge >= 0.3 is 0 Å². The summed E-state index contributed by atoms with van der Waals surface area (Å²) in [6, 6.07) is 1.82. The van der Waals surface area contributed by atoms with Gasteiger partial charge in [0.2, 0.25) is 11.8 Å². The fourth-order valence-electron chi connectivity index (χ4n) is 1.72. The molecule has 100 valence electrons. The first-order valence-corrected chi connectivity index (χ1v) is 6.46. The average Bonchev–Trinajstić information content (AvgIpc) is 2.37. The molecule has 1 aliphatic rings. The van der Waals surface area contributed by atoms with Crippen LogP contribution in [0.25, 0.3) is 0 Å². The Labute approximate surface area is 109 Å². The van der Waals surface area contributed by atoms with Crippen LogP contribution in [0.15, 0.2) is 12.3 Å². The second-order valence-corrected chi connectivity index (χ2v) is 5.78. The van der Waals surface area contributed by atoms with E-state index in [0.717, 1.165) is 32.1 Å². The highest BCUT2D eigenvalue weighted by molar-refractivity contribution is 5.32. The molecule has 0 bridgehead atoms. The zero-order chi connectivity index (χ0) is 13.0. The summed E-state index contributed by atoms with van der Waals surface area (Å²) in [6.07, 6.45) is 1.77. The largest absolute Gasteiger partial charge is 0.477 e. The van der Waals surface area contributed by atoms with Crippen LogP contribution in [0.2, 0.25) is 0 Å². The molecule has 1 aromatic heterocycles. The van der Waals surface area contributed by atoms with Crippen LogP contribution >= 0.6 is 0 Å². The molecule has 0 atom stereocenters. The Hall–Kier alpha value is -1.36. The van der Waals surface area contributed by atoms with Crippen molar-refractivity contribution in [3.05, 3.63) is 12.3 Å². The SMILES string of the molecule is CC(C)(C)COc1ccnc(N2CCNCC2)n1. The van der Waals surface area contributed by atoms with E-state index < -0.39 is 0 Å². The molecule has 0 spiro atoms. The number of hydrogen-bond acceptors (Lipinski definition) is 5. The first kappa shape index (κ1) is 13.1. The van der Waals surface area contributed by atoms with E-state index >= 15 is 0 Å². The summed E-state index contributed by atoms with van der Waals surface area (Å²) < 4.78 is 5.71. The minimum absolute atomic E-state index is 0.139. The molecule has 1 fully saturated rings. The summed E-state index contributed by atoms with van der Waals surface area (Å²) in [4.78, 5) is 11.0. The highest BCUT2D eigenvalue weighted by Crippen LogP contribution is 2.17. The van der Waals surface area contributed by atoms with Crippen LogP contribution in [0.4, 0.5) is 5.95 Å². The lowest BCUT2D eigenvalue weighted by atomic mass is 9.99. The number of nitrogens with zero attached hydrogens (tertiary/aromatic N) is 3. The van der Waals surface area contributed by atoms with Gasteiger partial charge in [0.25, 0.3) is 0 Å². The lowest BCUT2D eigenvalue weighted by Crippen LogP contribution is -2.44. The van der Waals surface area contributed by atoms with Crippen LogP contribution in [0.5, 0.6) is 5.88 Å². The number of hydrogen-bond donors (Lipinski definition) is 1. The lowest BCUT2D eigenvalue weighted by Gasteiger charge is -2.27. The van der Waals surface area contributed by atoms with Crippen molar-refractivity contribution in [3.63, 3.8) is 0 Å². The molecule has 5 heteroatoms. The molecule has 5 nitrogen and oxygen atoms in total. The Morgan fingerprint density at radius 2 is 2.06 bits per heavy atom. The predicted octanol–water partition coefficient (Wildman–Crippen LogP) is 1.31. The molecule has 1 saturated heterocycles. The van der Waals surface area contributed by atoms with Crippen molar-refractivity contribution in [1.82, 2.24) is 15.3 Å². The van der Waals surface area contributed by atoms with Gasteiger partial charge in [0, 0.05) is 38.4 Å². The van der Waals surface area contributed by atoms with Crippen molar-refractivity contribution in [1.29, 1.82) is 0 Å². The maximum Gasteiger partial charge on any atom is 0.228 e. The monoisotopic (exact) mass is 250 g/mol. The smallest absolute Gasteiger partial charge is 0.228 e. The molecule has 1 aliphatic heterocycles. The Morgan fingerprint density at radius 3 is 2.72 bits per heavy atom. The van der Waals surface area contributed by atoms with Crippen molar-refractivity contribution in [3.8, 4) is 5.88 Å². The molecular weight excluding hydrogens is 228 g/mol. The van der Waals surface area contributed by atoms with E-state index in [9.17, 15) is 0 Å². The summed E-state index contributed by atoms with van der Waals surface area (Å²) in [5.74, 6) is 1.43. The van der Waals surface area contributed by atoms with Crippen LogP contribution < -0.4 is 15.0 Å². The summed E-state index contributed by atoms with van der Waals surface area (Å²) in [5, 5.41) is 3.32. The van der Waals surface area contributed by atoms with Gasteiger partial charge in [-0.05, 0) is 5.41 Å². The number of aromatic nitrogens is 2. The van der Waals surface area contributed by atoms with Crippen molar-refractivity contribution in [2.45, 2.75) is 20.8 Å². The topological polar surface area (TPSA) is 50.3 Å². The molecule has 0 aromatic carbocycles. The molecule has 2 rings (SSSR count). The number of rotatable bonds is 3. The maximum absolute atomic E-state index is 5.71. The zero-order valence-electron chi connectivity index (χ0n) is 11.4. The average molecular weight is 250 g/mol. The van der Waals surface area contributed by atoms with Crippen LogP contribution in [0, 0.1) is 5.41 Å². The fraction of sp³-hybridized carbons (Fsp3) is 0.692. The fourth-order valence-corrected chi connectivity index (χ4v) is 1.72. The number of ether oxygens (including phenoxy) is 1. The van der Waals surface area contributed by atoms with Gasteiger partial charge < -0.3 is 15.0 Å². The second-order valence-electron chi connectivity index (χ2n) is 5.78. The van der Waals surface area contributed by atoms with Gasteiger partial charge in [-0.2, -0.15) is 4.98 Å². The Bertz CT molecular complexity index is 383. The minimum Gasteiger partial charge on any atom is -0.477 e. The van der Waals surface area contributed by atoms with Gasteiger partial charge in [0.05, 0.1) is 6.61 Å². The standard InChI is InChI=1S/C13H22N4O/c1-13(2,3)10-18-11-4-5-15-12(16-11)17-8-6-14-7-9-17/h4-5,14H,6-10H2,1-3H3. The Morgan fingerprint density at radius 1 is 1.33 bits per heavy atom. The molecule has 1 N–H and O–H groups in total. The predicted molar refractivity (Wildman–Crippen MR) is 72.1 cm³/mol.